The first-order valence-corrected chi connectivity index (χ1v) is 11.4. The van der Waals surface area contributed by atoms with Crippen molar-refractivity contribution < 1.29 is 13.2 Å². The molecule has 0 aliphatic carbocycles. The van der Waals surface area contributed by atoms with Crippen LogP contribution >= 0.6 is 23.2 Å². The first-order valence-electron chi connectivity index (χ1n) is 9.17. The molecule has 0 radical (unpaired) electrons. The van der Waals surface area contributed by atoms with E-state index in [9.17, 15) is 8.42 Å². The van der Waals surface area contributed by atoms with Crippen molar-refractivity contribution in [3.05, 3.63) is 63.6 Å². The van der Waals surface area contributed by atoms with E-state index in [-0.39, 0.29) is 17.0 Å². The summed E-state index contributed by atoms with van der Waals surface area (Å²) in [5.41, 5.74) is 1.44. The van der Waals surface area contributed by atoms with Gasteiger partial charge in [0.15, 0.2) is 5.84 Å². The number of hydrazone groups is 1. The summed E-state index contributed by atoms with van der Waals surface area (Å²) in [6, 6.07) is 11.6. The van der Waals surface area contributed by atoms with E-state index < -0.39 is 10.0 Å². The summed E-state index contributed by atoms with van der Waals surface area (Å²) in [5, 5.41) is 5.06. The molecule has 0 saturated carbocycles. The molecule has 0 spiro atoms. The van der Waals surface area contributed by atoms with Crippen molar-refractivity contribution in [2.75, 3.05) is 13.2 Å². The number of nitrogens with one attached hydrogen (secondary N) is 1. The van der Waals surface area contributed by atoms with Gasteiger partial charge >= 0.3 is 0 Å². The van der Waals surface area contributed by atoms with Crippen molar-refractivity contribution in [1.82, 2.24) is 9.73 Å². The first kappa shape index (κ1) is 21.9. The van der Waals surface area contributed by atoms with Gasteiger partial charge in [-0.1, -0.05) is 47.0 Å². The number of morpholine rings is 1. The van der Waals surface area contributed by atoms with Gasteiger partial charge in [-0.3, -0.25) is 0 Å². The number of nitrogens with zero attached hydrogens (tertiary/aromatic N) is 2. The molecule has 156 valence electrons. The van der Waals surface area contributed by atoms with Crippen molar-refractivity contribution >= 4 is 39.1 Å². The molecule has 2 unspecified atom stereocenters. The van der Waals surface area contributed by atoms with Crippen LogP contribution in [0.25, 0.3) is 0 Å². The summed E-state index contributed by atoms with van der Waals surface area (Å²) in [7, 11) is -3.86. The van der Waals surface area contributed by atoms with Crippen molar-refractivity contribution in [2.45, 2.75) is 37.8 Å². The molecule has 29 heavy (non-hydrogen) atoms. The first-order chi connectivity index (χ1) is 13.7. The predicted molar refractivity (Wildman–Crippen MR) is 116 cm³/mol. The minimum atomic E-state index is -3.86. The van der Waals surface area contributed by atoms with Crippen molar-refractivity contribution in [3.63, 3.8) is 0 Å². The number of aryl methyl sites for hydroxylation is 1. The van der Waals surface area contributed by atoms with Crippen LogP contribution in [0.5, 0.6) is 0 Å². The number of sulfonamides is 1. The Labute approximate surface area is 181 Å². The van der Waals surface area contributed by atoms with E-state index in [1.54, 1.807) is 30.3 Å². The molecule has 1 heterocycles. The molecule has 2 aromatic carbocycles. The van der Waals surface area contributed by atoms with Gasteiger partial charge < -0.3 is 9.64 Å². The van der Waals surface area contributed by atoms with Gasteiger partial charge in [-0.2, -0.15) is 13.2 Å². The van der Waals surface area contributed by atoms with Crippen molar-refractivity contribution in [3.8, 4) is 0 Å². The second kappa shape index (κ2) is 8.92. The van der Waals surface area contributed by atoms with Gasteiger partial charge in [0.1, 0.15) is 0 Å². The monoisotopic (exact) mass is 455 g/mol. The average Bonchev–Trinajstić information content (AvgIpc) is 2.65. The third kappa shape index (κ3) is 4.86. The Morgan fingerprint density at radius 3 is 2.17 bits per heavy atom. The Balaban J connectivity index is 2.06. The molecule has 0 amide bonds. The maximum absolute atomic E-state index is 12.8. The second-order valence-electron chi connectivity index (χ2n) is 7.08. The van der Waals surface area contributed by atoms with Crippen LogP contribution in [-0.4, -0.2) is 44.5 Å². The van der Waals surface area contributed by atoms with Gasteiger partial charge in [0.2, 0.25) is 0 Å². The summed E-state index contributed by atoms with van der Waals surface area (Å²) in [6.45, 7) is 6.81. The molecule has 3 rings (SSSR count). The molecular formula is C20H23Cl2N3O3S. The summed E-state index contributed by atoms with van der Waals surface area (Å²) >= 11 is 12.8. The second-order valence-corrected chi connectivity index (χ2v) is 9.56. The zero-order valence-corrected chi connectivity index (χ0v) is 18.7. The van der Waals surface area contributed by atoms with Gasteiger partial charge in [-0.15, -0.1) is 5.10 Å². The highest BCUT2D eigenvalue weighted by Gasteiger charge is 2.31. The van der Waals surface area contributed by atoms with Crippen molar-refractivity contribution in [1.29, 1.82) is 0 Å². The topological polar surface area (TPSA) is 71.0 Å². The van der Waals surface area contributed by atoms with Gasteiger partial charge in [-0.05, 0) is 45.0 Å². The zero-order valence-electron chi connectivity index (χ0n) is 16.4. The van der Waals surface area contributed by atoms with E-state index in [2.05, 4.69) is 9.93 Å². The van der Waals surface area contributed by atoms with E-state index in [1.807, 2.05) is 25.7 Å². The van der Waals surface area contributed by atoms with Gasteiger partial charge in [-0.25, -0.2) is 0 Å². The fourth-order valence-electron chi connectivity index (χ4n) is 3.25. The lowest BCUT2D eigenvalue weighted by Gasteiger charge is -2.41. The van der Waals surface area contributed by atoms with Crippen LogP contribution in [0.1, 0.15) is 25.0 Å². The van der Waals surface area contributed by atoms with E-state index in [0.717, 1.165) is 5.56 Å². The number of amidine groups is 1. The summed E-state index contributed by atoms with van der Waals surface area (Å²) in [4.78, 5) is 4.45. The molecule has 6 nitrogen and oxygen atoms in total. The molecule has 1 saturated heterocycles. The highest BCUT2D eigenvalue weighted by atomic mass is 35.5. The molecule has 0 aromatic heterocycles. The van der Waals surface area contributed by atoms with Crippen LogP contribution in [0.2, 0.25) is 10.0 Å². The summed E-state index contributed by atoms with van der Waals surface area (Å²) < 4.78 is 31.1. The fourth-order valence-corrected chi connectivity index (χ4v) is 4.62. The Morgan fingerprint density at radius 2 is 1.62 bits per heavy atom. The standard InChI is InChI=1S/C20H23Cl2N3O3S/c1-13-7-9-16(10-8-13)29(26,27)24-23-20(19-17(21)5-4-6-18(19)22)25-14(2)11-28-12-15(25)3/h4-10,14-15,24H,11-12H2,1-3H3/b23-20-. The largest absolute Gasteiger partial charge is 0.377 e. The van der Waals surface area contributed by atoms with Crippen LogP contribution in [0, 0.1) is 6.92 Å². The van der Waals surface area contributed by atoms with Crippen LogP contribution in [-0.2, 0) is 14.8 Å². The third-order valence-corrected chi connectivity index (χ3v) is 6.56. The number of hydrogen-bond acceptors (Lipinski definition) is 4. The Bertz CT molecular complexity index is 980. The van der Waals surface area contributed by atoms with Gasteiger partial charge in [0, 0.05) is 0 Å². The molecular weight excluding hydrogens is 433 g/mol. The number of rotatable bonds is 4. The predicted octanol–water partition coefficient (Wildman–Crippen LogP) is 4.05. The van der Waals surface area contributed by atoms with E-state index >= 15 is 0 Å². The Hall–Kier alpha value is -1.80. The van der Waals surface area contributed by atoms with Gasteiger partial charge in [0.05, 0.1) is 45.8 Å². The summed E-state index contributed by atoms with van der Waals surface area (Å²) in [5.74, 6) is 0.361. The third-order valence-electron chi connectivity index (χ3n) is 4.70. The Kier molecular flexibility index (Phi) is 6.73. The lowest BCUT2D eigenvalue weighted by molar-refractivity contribution is -0.000513. The zero-order chi connectivity index (χ0) is 21.2. The minimum absolute atomic E-state index is 0.0475. The maximum Gasteiger partial charge on any atom is 0.276 e. The molecule has 1 aliphatic rings. The normalized spacial score (nSPS) is 20.6. The number of halogens is 2. The van der Waals surface area contributed by atoms with Gasteiger partial charge in [0.25, 0.3) is 10.0 Å². The number of hydrogen-bond donors (Lipinski definition) is 1. The van der Waals surface area contributed by atoms with Crippen LogP contribution in [0.15, 0.2) is 52.5 Å². The average molecular weight is 456 g/mol. The van der Waals surface area contributed by atoms with Crippen LogP contribution in [0.4, 0.5) is 0 Å². The lowest BCUT2D eigenvalue weighted by atomic mass is 10.1. The molecule has 9 heteroatoms. The summed E-state index contributed by atoms with van der Waals surface area (Å²) in [6.07, 6.45) is 0. The highest BCUT2D eigenvalue weighted by Crippen LogP contribution is 2.29. The number of benzene rings is 2. The fraction of sp³-hybridized carbons (Fsp3) is 0.350. The SMILES string of the molecule is Cc1ccc(S(=O)(=O)N/N=C(/c2c(Cl)cccc2Cl)N2C(C)COCC2C)cc1. The molecule has 0 bridgehead atoms. The van der Waals surface area contributed by atoms with Crippen molar-refractivity contribution in [2.24, 2.45) is 5.10 Å². The molecule has 1 aliphatic heterocycles. The minimum Gasteiger partial charge on any atom is -0.377 e. The van der Waals surface area contributed by atoms with E-state index in [1.165, 1.54) is 12.1 Å². The highest BCUT2D eigenvalue weighted by molar-refractivity contribution is 7.89. The molecule has 2 aromatic rings. The maximum atomic E-state index is 12.8. The molecule has 2 atom stereocenters. The number of ether oxygens (including phenoxy) is 1. The molecule has 1 fully saturated rings. The van der Waals surface area contributed by atoms with E-state index in [0.29, 0.717) is 34.7 Å². The van der Waals surface area contributed by atoms with Crippen LogP contribution < -0.4 is 4.83 Å². The lowest BCUT2D eigenvalue weighted by Crippen LogP contribution is -2.53. The van der Waals surface area contributed by atoms with Crippen LogP contribution in [0.3, 0.4) is 0 Å². The Morgan fingerprint density at radius 1 is 1.07 bits per heavy atom. The molecule has 1 N–H and O–H groups in total. The quantitative estimate of drug-likeness (QED) is 0.428. The van der Waals surface area contributed by atoms with E-state index in [4.69, 9.17) is 27.9 Å². The smallest absolute Gasteiger partial charge is 0.276 e.